The van der Waals surface area contributed by atoms with Crippen molar-refractivity contribution in [2.45, 2.75) is 0 Å². The fourth-order valence-corrected chi connectivity index (χ4v) is 1.54. The van der Waals surface area contributed by atoms with Gasteiger partial charge in [0.1, 0.15) is 34.4 Å². The summed E-state index contributed by atoms with van der Waals surface area (Å²) in [5.41, 5.74) is 0.705. The molecule has 0 aliphatic rings. The third kappa shape index (κ3) is 4.51. The molecule has 4 N–H and O–H groups in total. The van der Waals surface area contributed by atoms with E-state index in [9.17, 15) is 27.2 Å². The third-order valence-corrected chi connectivity index (χ3v) is 2.58. The van der Waals surface area contributed by atoms with Gasteiger partial charge in [-0.3, -0.25) is 20.0 Å². The number of hydrogen-bond donors (Lipinski definition) is 4. The fourth-order valence-electron chi connectivity index (χ4n) is 1.54. The van der Waals surface area contributed by atoms with E-state index in [1.807, 2.05) is 0 Å². The number of amides is 2. The van der Waals surface area contributed by atoms with Crippen LogP contribution < -0.4 is 11.0 Å². The molecular weight excluding hydrogens is 336 g/mol. The monoisotopic (exact) mass is 346 g/mol. The standard InChI is InChI=1S/2C7H5F2NO2/c2*8-4-2-1-3-5(9)6(4)7(11)10-12/h2*1-3,12H,(H,10,11). The van der Waals surface area contributed by atoms with Gasteiger partial charge in [-0.05, 0) is 24.3 Å². The summed E-state index contributed by atoms with van der Waals surface area (Å²) in [6.07, 6.45) is 0. The highest BCUT2D eigenvalue weighted by Crippen LogP contribution is 2.11. The molecule has 2 aromatic rings. The van der Waals surface area contributed by atoms with Gasteiger partial charge in [0.2, 0.25) is 0 Å². The van der Waals surface area contributed by atoms with Gasteiger partial charge >= 0.3 is 0 Å². The first-order chi connectivity index (χ1) is 11.3. The van der Waals surface area contributed by atoms with Crippen molar-refractivity contribution in [2.75, 3.05) is 0 Å². The number of benzene rings is 2. The number of halogens is 4. The maximum Gasteiger partial charge on any atom is 0.280 e. The Bertz CT molecular complexity index is 652. The molecule has 0 atom stereocenters. The molecular formula is C14H10F4N2O4. The molecule has 6 nitrogen and oxygen atoms in total. The molecule has 0 heterocycles. The van der Waals surface area contributed by atoms with Gasteiger partial charge in [0.25, 0.3) is 11.8 Å². The Hall–Kier alpha value is -2.98. The summed E-state index contributed by atoms with van der Waals surface area (Å²) >= 11 is 0. The lowest BCUT2D eigenvalue weighted by Gasteiger charge is -2.00. The van der Waals surface area contributed by atoms with E-state index in [1.54, 1.807) is 0 Å². The van der Waals surface area contributed by atoms with Crippen molar-refractivity contribution in [3.05, 3.63) is 70.8 Å². The normalized spacial score (nSPS) is 9.58. The van der Waals surface area contributed by atoms with Gasteiger partial charge in [0, 0.05) is 0 Å². The zero-order valence-corrected chi connectivity index (χ0v) is 11.7. The second kappa shape index (κ2) is 8.60. The Morgan fingerprint density at radius 3 is 1.12 bits per heavy atom. The number of rotatable bonds is 2. The summed E-state index contributed by atoms with van der Waals surface area (Å²) in [6, 6.07) is 5.94. The Kier molecular flexibility index (Phi) is 6.83. The predicted molar refractivity (Wildman–Crippen MR) is 71.2 cm³/mol. The molecule has 0 saturated heterocycles. The molecule has 0 aromatic heterocycles. The number of hydrogen-bond acceptors (Lipinski definition) is 4. The van der Waals surface area contributed by atoms with Crippen LogP contribution in [-0.2, 0) is 0 Å². The second-order valence-electron chi connectivity index (χ2n) is 4.08. The fraction of sp³-hybridized carbons (Fsp3) is 0. The van der Waals surface area contributed by atoms with E-state index in [0.717, 1.165) is 47.4 Å². The minimum atomic E-state index is -1.20. The predicted octanol–water partition coefficient (Wildman–Crippen LogP) is 2.17. The maximum absolute atomic E-state index is 12.7. The summed E-state index contributed by atoms with van der Waals surface area (Å²) in [5, 5.41) is 16.2. The zero-order valence-electron chi connectivity index (χ0n) is 11.7. The van der Waals surface area contributed by atoms with Crippen molar-refractivity contribution in [1.29, 1.82) is 0 Å². The molecule has 0 spiro atoms. The van der Waals surface area contributed by atoms with Crippen molar-refractivity contribution in [1.82, 2.24) is 11.0 Å². The number of carbonyl (C=O) groups is 2. The van der Waals surface area contributed by atoms with Crippen molar-refractivity contribution in [2.24, 2.45) is 0 Å². The van der Waals surface area contributed by atoms with E-state index in [2.05, 4.69) is 0 Å². The van der Waals surface area contributed by atoms with Crippen molar-refractivity contribution < 1.29 is 37.6 Å². The Labute approximate surface area is 132 Å². The SMILES string of the molecule is O=C(NO)c1c(F)cccc1F.O=C(NO)c1c(F)cccc1F. The van der Waals surface area contributed by atoms with Gasteiger partial charge in [-0.15, -0.1) is 0 Å². The third-order valence-electron chi connectivity index (χ3n) is 2.58. The van der Waals surface area contributed by atoms with E-state index in [4.69, 9.17) is 10.4 Å². The van der Waals surface area contributed by atoms with Crippen LogP contribution >= 0.6 is 0 Å². The Morgan fingerprint density at radius 1 is 0.667 bits per heavy atom. The van der Waals surface area contributed by atoms with E-state index >= 15 is 0 Å². The maximum atomic E-state index is 12.7. The van der Waals surface area contributed by atoms with Crippen LogP contribution in [0.4, 0.5) is 17.6 Å². The number of nitrogens with one attached hydrogen (secondary N) is 2. The van der Waals surface area contributed by atoms with Gasteiger partial charge in [-0.25, -0.2) is 28.5 Å². The minimum Gasteiger partial charge on any atom is -0.288 e. The highest BCUT2D eigenvalue weighted by molar-refractivity contribution is 5.94. The summed E-state index contributed by atoms with van der Waals surface area (Å²) in [5.74, 6) is -6.46. The first-order valence-electron chi connectivity index (χ1n) is 6.10. The lowest BCUT2D eigenvalue weighted by atomic mass is 10.2. The Balaban J connectivity index is 0.000000240. The Morgan fingerprint density at radius 2 is 0.917 bits per heavy atom. The molecule has 0 fully saturated rings. The van der Waals surface area contributed by atoms with Gasteiger partial charge in [0.15, 0.2) is 0 Å². The van der Waals surface area contributed by atoms with Crippen LogP contribution in [0.3, 0.4) is 0 Å². The molecule has 2 amide bonds. The van der Waals surface area contributed by atoms with Crippen molar-refractivity contribution >= 4 is 11.8 Å². The average molecular weight is 346 g/mol. The van der Waals surface area contributed by atoms with Crippen LogP contribution in [0.15, 0.2) is 36.4 Å². The van der Waals surface area contributed by atoms with Crippen LogP contribution in [0.5, 0.6) is 0 Å². The van der Waals surface area contributed by atoms with Gasteiger partial charge in [-0.2, -0.15) is 0 Å². The molecule has 0 saturated carbocycles. The van der Waals surface area contributed by atoms with Crippen molar-refractivity contribution in [3.8, 4) is 0 Å². The van der Waals surface area contributed by atoms with Crippen LogP contribution in [0, 0.1) is 23.3 Å². The molecule has 0 unspecified atom stereocenters. The highest BCUT2D eigenvalue weighted by atomic mass is 19.1. The molecule has 0 bridgehead atoms. The largest absolute Gasteiger partial charge is 0.288 e. The topological polar surface area (TPSA) is 98.7 Å². The molecule has 2 aromatic carbocycles. The summed E-state index contributed by atoms with van der Waals surface area (Å²) in [7, 11) is 0. The highest BCUT2D eigenvalue weighted by Gasteiger charge is 2.16. The summed E-state index contributed by atoms with van der Waals surface area (Å²) < 4.78 is 50.7. The van der Waals surface area contributed by atoms with E-state index in [-0.39, 0.29) is 0 Å². The minimum absolute atomic E-state index is 0.792. The quantitative estimate of drug-likeness (QED) is 0.380. The molecule has 0 aliphatic carbocycles. The zero-order chi connectivity index (χ0) is 18.3. The van der Waals surface area contributed by atoms with E-state index in [1.165, 1.54) is 0 Å². The molecule has 10 heteroatoms. The molecule has 0 radical (unpaired) electrons. The van der Waals surface area contributed by atoms with Gasteiger partial charge in [0.05, 0.1) is 0 Å². The van der Waals surface area contributed by atoms with E-state index < -0.39 is 46.2 Å². The first-order valence-corrected chi connectivity index (χ1v) is 6.10. The molecule has 128 valence electrons. The smallest absolute Gasteiger partial charge is 0.280 e. The molecule has 24 heavy (non-hydrogen) atoms. The summed E-state index contributed by atoms with van der Waals surface area (Å²) in [4.78, 5) is 21.2. The van der Waals surface area contributed by atoms with Crippen LogP contribution in [0.1, 0.15) is 20.7 Å². The lowest BCUT2D eigenvalue weighted by Crippen LogP contribution is -2.21. The molecule has 2 rings (SSSR count). The summed E-state index contributed by atoms with van der Waals surface area (Å²) in [6.45, 7) is 0. The van der Waals surface area contributed by atoms with Crippen molar-refractivity contribution in [3.63, 3.8) is 0 Å². The van der Waals surface area contributed by atoms with Crippen LogP contribution in [0.2, 0.25) is 0 Å². The van der Waals surface area contributed by atoms with Crippen LogP contribution in [0.25, 0.3) is 0 Å². The van der Waals surface area contributed by atoms with Gasteiger partial charge < -0.3 is 0 Å². The molecule has 0 aliphatic heterocycles. The number of hydroxylamine groups is 2. The first kappa shape index (κ1) is 19.1. The number of carbonyl (C=O) groups excluding carboxylic acids is 2. The second-order valence-corrected chi connectivity index (χ2v) is 4.08. The van der Waals surface area contributed by atoms with Crippen LogP contribution in [-0.4, -0.2) is 22.2 Å². The van der Waals surface area contributed by atoms with Gasteiger partial charge in [-0.1, -0.05) is 12.1 Å². The lowest BCUT2D eigenvalue weighted by molar-refractivity contribution is 0.0692. The average Bonchev–Trinajstić information content (AvgIpc) is 2.54. The van der Waals surface area contributed by atoms with E-state index in [0.29, 0.717) is 0 Å².